The average Bonchev–Trinajstić information content (AvgIpc) is 2.93. The van der Waals surface area contributed by atoms with E-state index < -0.39 is 0 Å². The van der Waals surface area contributed by atoms with Crippen LogP contribution in [0, 0.1) is 12.8 Å². The van der Waals surface area contributed by atoms with Crippen molar-refractivity contribution < 1.29 is 9.59 Å². The molecule has 1 saturated carbocycles. The molecule has 3 N–H and O–H groups in total. The number of hydrogen-bond acceptors (Lipinski definition) is 3. The van der Waals surface area contributed by atoms with Crippen LogP contribution >= 0.6 is 0 Å². The maximum absolute atomic E-state index is 12.5. The molecular weight excluding hydrogens is 302 g/mol. The van der Waals surface area contributed by atoms with E-state index in [-0.39, 0.29) is 29.8 Å². The smallest absolute Gasteiger partial charge is 0.225 e. The summed E-state index contributed by atoms with van der Waals surface area (Å²) in [7, 11) is 0. The van der Waals surface area contributed by atoms with E-state index in [1.54, 1.807) is 4.90 Å². The molecule has 5 nitrogen and oxygen atoms in total. The van der Waals surface area contributed by atoms with Crippen LogP contribution in [0.25, 0.3) is 0 Å². The molecule has 0 spiro atoms. The van der Waals surface area contributed by atoms with Gasteiger partial charge in [0.2, 0.25) is 11.8 Å². The van der Waals surface area contributed by atoms with E-state index in [0.29, 0.717) is 19.5 Å². The number of aryl methyl sites for hydroxylation is 1. The van der Waals surface area contributed by atoms with Crippen molar-refractivity contribution in [2.24, 2.45) is 11.7 Å². The van der Waals surface area contributed by atoms with E-state index >= 15 is 0 Å². The van der Waals surface area contributed by atoms with Gasteiger partial charge >= 0.3 is 0 Å². The second-order valence-corrected chi connectivity index (χ2v) is 7.28. The van der Waals surface area contributed by atoms with E-state index in [1.807, 2.05) is 31.2 Å². The molecule has 0 bridgehead atoms. The Balaban J connectivity index is 1.52. The van der Waals surface area contributed by atoms with Crippen LogP contribution in [0.1, 0.15) is 43.2 Å². The molecule has 1 aliphatic heterocycles. The second-order valence-electron chi connectivity index (χ2n) is 7.28. The molecule has 2 aliphatic rings. The van der Waals surface area contributed by atoms with E-state index in [0.717, 1.165) is 31.2 Å². The van der Waals surface area contributed by atoms with E-state index in [4.69, 9.17) is 5.73 Å². The molecular formula is C19H27N3O2. The average molecular weight is 329 g/mol. The lowest BCUT2D eigenvalue weighted by Crippen LogP contribution is -2.43. The predicted molar refractivity (Wildman–Crippen MR) is 93.1 cm³/mol. The van der Waals surface area contributed by atoms with Gasteiger partial charge in [0.25, 0.3) is 0 Å². The first-order valence-electron chi connectivity index (χ1n) is 8.90. The summed E-state index contributed by atoms with van der Waals surface area (Å²) >= 11 is 0. The van der Waals surface area contributed by atoms with Crippen molar-refractivity contribution in [3.63, 3.8) is 0 Å². The first-order chi connectivity index (χ1) is 11.5. The van der Waals surface area contributed by atoms with Gasteiger partial charge in [0, 0.05) is 31.6 Å². The molecule has 0 aromatic heterocycles. The van der Waals surface area contributed by atoms with Crippen molar-refractivity contribution >= 4 is 11.8 Å². The van der Waals surface area contributed by atoms with Gasteiger partial charge in [-0.15, -0.1) is 0 Å². The van der Waals surface area contributed by atoms with Crippen LogP contribution in [0.2, 0.25) is 0 Å². The monoisotopic (exact) mass is 329 g/mol. The highest BCUT2D eigenvalue weighted by Gasteiger charge is 2.35. The maximum Gasteiger partial charge on any atom is 0.225 e. The molecule has 1 saturated heterocycles. The number of nitrogens with zero attached hydrogens (tertiary/aromatic N) is 1. The third kappa shape index (κ3) is 4.15. The number of hydrogen-bond donors (Lipinski definition) is 2. The van der Waals surface area contributed by atoms with Crippen LogP contribution in [0.15, 0.2) is 24.3 Å². The highest BCUT2D eigenvalue weighted by atomic mass is 16.2. The molecule has 0 radical (unpaired) electrons. The van der Waals surface area contributed by atoms with Gasteiger partial charge in [-0.1, -0.05) is 29.8 Å². The topological polar surface area (TPSA) is 75.4 Å². The molecule has 5 heteroatoms. The Morgan fingerprint density at radius 1 is 1.21 bits per heavy atom. The Morgan fingerprint density at radius 3 is 2.54 bits per heavy atom. The van der Waals surface area contributed by atoms with Gasteiger partial charge in [-0.05, 0) is 38.2 Å². The standard InChI is InChI=1S/C19H27N3O2/c1-13-2-4-14(5-3-13)11-22-12-15(10-18(22)23)19(24)21-17-8-6-16(20)7-9-17/h2-5,15-17H,6-12,20H2,1H3,(H,21,24). The molecule has 24 heavy (non-hydrogen) atoms. The van der Waals surface area contributed by atoms with Gasteiger partial charge in [-0.2, -0.15) is 0 Å². The Kier molecular flexibility index (Phi) is 5.19. The van der Waals surface area contributed by atoms with Crippen molar-refractivity contribution in [3.05, 3.63) is 35.4 Å². The second kappa shape index (κ2) is 7.34. The number of likely N-dealkylation sites (tertiary alicyclic amines) is 1. The lowest BCUT2D eigenvalue weighted by molar-refractivity contribution is -0.129. The Labute approximate surface area is 143 Å². The Hall–Kier alpha value is -1.88. The largest absolute Gasteiger partial charge is 0.353 e. The van der Waals surface area contributed by atoms with Gasteiger partial charge in [0.05, 0.1) is 5.92 Å². The first kappa shape index (κ1) is 17.0. The minimum Gasteiger partial charge on any atom is -0.353 e. The normalized spacial score (nSPS) is 27.3. The Bertz CT molecular complexity index is 591. The van der Waals surface area contributed by atoms with Crippen molar-refractivity contribution in [2.45, 2.75) is 57.7 Å². The number of carbonyl (C=O) groups is 2. The summed E-state index contributed by atoms with van der Waals surface area (Å²) in [5.74, 6) is -0.129. The molecule has 1 heterocycles. The van der Waals surface area contributed by atoms with Crippen molar-refractivity contribution in [1.82, 2.24) is 10.2 Å². The van der Waals surface area contributed by atoms with Crippen molar-refractivity contribution in [2.75, 3.05) is 6.54 Å². The zero-order chi connectivity index (χ0) is 17.1. The first-order valence-corrected chi connectivity index (χ1v) is 8.90. The summed E-state index contributed by atoms with van der Waals surface area (Å²) in [6, 6.07) is 8.68. The van der Waals surface area contributed by atoms with Crippen molar-refractivity contribution in [1.29, 1.82) is 0 Å². The minimum absolute atomic E-state index is 0.0234. The third-order valence-electron chi connectivity index (χ3n) is 5.20. The van der Waals surface area contributed by atoms with Gasteiger partial charge in [0.1, 0.15) is 0 Å². The quantitative estimate of drug-likeness (QED) is 0.883. The van der Waals surface area contributed by atoms with Gasteiger partial charge in [-0.25, -0.2) is 0 Å². The lowest BCUT2D eigenvalue weighted by atomic mass is 9.91. The molecule has 2 fully saturated rings. The molecule has 1 unspecified atom stereocenters. The van der Waals surface area contributed by atoms with Crippen LogP contribution in [0.3, 0.4) is 0 Å². The SMILES string of the molecule is Cc1ccc(CN2CC(C(=O)NC3CCC(N)CC3)CC2=O)cc1. The van der Waals surface area contributed by atoms with Crippen LogP contribution < -0.4 is 11.1 Å². The summed E-state index contributed by atoms with van der Waals surface area (Å²) < 4.78 is 0. The molecule has 3 rings (SSSR count). The summed E-state index contributed by atoms with van der Waals surface area (Å²) in [4.78, 5) is 26.5. The number of amides is 2. The van der Waals surface area contributed by atoms with E-state index in [9.17, 15) is 9.59 Å². The molecule has 130 valence electrons. The summed E-state index contributed by atoms with van der Waals surface area (Å²) in [6.07, 6.45) is 4.15. The number of benzene rings is 1. The fourth-order valence-electron chi connectivity index (χ4n) is 3.60. The molecule has 1 aromatic rings. The maximum atomic E-state index is 12.5. The Morgan fingerprint density at radius 2 is 1.88 bits per heavy atom. The van der Waals surface area contributed by atoms with Crippen LogP contribution in [-0.2, 0) is 16.1 Å². The zero-order valence-electron chi connectivity index (χ0n) is 14.3. The van der Waals surface area contributed by atoms with Crippen LogP contribution in [0.4, 0.5) is 0 Å². The predicted octanol–water partition coefficient (Wildman–Crippen LogP) is 1.73. The summed E-state index contributed by atoms with van der Waals surface area (Å²) in [5, 5.41) is 3.12. The van der Waals surface area contributed by atoms with Crippen LogP contribution in [-0.4, -0.2) is 35.3 Å². The molecule has 1 aromatic carbocycles. The molecule has 2 amide bonds. The third-order valence-corrected chi connectivity index (χ3v) is 5.20. The minimum atomic E-state index is -0.224. The van der Waals surface area contributed by atoms with E-state index in [1.165, 1.54) is 5.56 Å². The fourth-order valence-corrected chi connectivity index (χ4v) is 3.60. The zero-order valence-corrected chi connectivity index (χ0v) is 14.3. The number of rotatable bonds is 4. The number of nitrogens with two attached hydrogens (primary N) is 1. The fraction of sp³-hybridized carbons (Fsp3) is 0.579. The van der Waals surface area contributed by atoms with Gasteiger partial charge in [0.15, 0.2) is 0 Å². The number of carbonyl (C=O) groups excluding carboxylic acids is 2. The number of nitrogens with one attached hydrogen (secondary N) is 1. The van der Waals surface area contributed by atoms with E-state index in [2.05, 4.69) is 5.32 Å². The highest BCUT2D eigenvalue weighted by Crippen LogP contribution is 2.22. The van der Waals surface area contributed by atoms with Crippen molar-refractivity contribution in [3.8, 4) is 0 Å². The highest BCUT2D eigenvalue weighted by molar-refractivity contribution is 5.89. The van der Waals surface area contributed by atoms with Crippen LogP contribution in [0.5, 0.6) is 0 Å². The molecule has 1 atom stereocenters. The van der Waals surface area contributed by atoms with Gasteiger partial charge in [-0.3, -0.25) is 9.59 Å². The molecule has 1 aliphatic carbocycles. The summed E-state index contributed by atoms with van der Waals surface area (Å²) in [5.41, 5.74) is 8.22. The lowest BCUT2D eigenvalue weighted by Gasteiger charge is -2.27. The van der Waals surface area contributed by atoms with Gasteiger partial charge < -0.3 is 16.0 Å². The summed E-state index contributed by atoms with van der Waals surface area (Å²) in [6.45, 7) is 3.15.